The van der Waals surface area contributed by atoms with Crippen molar-refractivity contribution in [2.75, 3.05) is 5.75 Å². The Morgan fingerprint density at radius 1 is 1.09 bits per heavy atom. The van der Waals surface area contributed by atoms with Gasteiger partial charge in [-0.3, -0.25) is 9.00 Å². The van der Waals surface area contributed by atoms with E-state index in [-0.39, 0.29) is 28.2 Å². The van der Waals surface area contributed by atoms with Gasteiger partial charge in [-0.2, -0.15) is 0 Å². The Morgan fingerprint density at radius 3 is 1.83 bits per heavy atom. The molecule has 0 bridgehead atoms. The molecule has 1 aliphatic rings. The second-order valence-corrected chi connectivity index (χ2v) is 10.3. The standard InChI is InChI=1S/C18H27NO3S/c1-16(2,3)12-8-11(9-13(15(12)21)17(4,5)6)18(7)19-14(20)10-23(18)22/h8-9,21H,10H2,1-7H3,(H,19,20). The average molecular weight is 337 g/mol. The zero-order valence-corrected chi connectivity index (χ0v) is 15.9. The van der Waals surface area contributed by atoms with E-state index in [4.69, 9.17) is 0 Å². The molecule has 23 heavy (non-hydrogen) atoms. The average Bonchev–Trinajstić information content (AvgIpc) is 2.60. The van der Waals surface area contributed by atoms with E-state index in [1.807, 2.05) is 53.7 Å². The van der Waals surface area contributed by atoms with Crippen molar-refractivity contribution < 1.29 is 14.1 Å². The Kier molecular flexibility index (Phi) is 4.17. The van der Waals surface area contributed by atoms with Gasteiger partial charge in [0.2, 0.25) is 5.91 Å². The molecule has 1 amide bonds. The first-order valence-electron chi connectivity index (χ1n) is 7.85. The summed E-state index contributed by atoms with van der Waals surface area (Å²) in [5.41, 5.74) is 1.87. The van der Waals surface area contributed by atoms with Crippen molar-refractivity contribution in [2.24, 2.45) is 0 Å². The molecule has 2 unspecified atom stereocenters. The molecule has 0 saturated carbocycles. The minimum Gasteiger partial charge on any atom is -0.507 e. The van der Waals surface area contributed by atoms with E-state index in [1.54, 1.807) is 6.92 Å². The predicted molar refractivity (Wildman–Crippen MR) is 94.0 cm³/mol. The number of rotatable bonds is 1. The lowest BCUT2D eigenvalue weighted by Gasteiger charge is -2.32. The van der Waals surface area contributed by atoms with Crippen LogP contribution in [-0.2, 0) is 31.3 Å². The molecule has 1 saturated heterocycles. The van der Waals surface area contributed by atoms with Crippen molar-refractivity contribution in [3.63, 3.8) is 0 Å². The minimum absolute atomic E-state index is 0.0209. The highest BCUT2D eigenvalue weighted by Crippen LogP contribution is 2.42. The summed E-state index contributed by atoms with van der Waals surface area (Å²) in [5, 5.41) is 13.6. The Bertz CT molecular complexity index is 647. The maximum Gasteiger partial charge on any atom is 0.234 e. The lowest BCUT2D eigenvalue weighted by molar-refractivity contribution is -0.118. The summed E-state index contributed by atoms with van der Waals surface area (Å²) in [6.07, 6.45) is 0. The number of phenolic OH excluding ortho intramolecular Hbond substituents is 1. The molecule has 0 radical (unpaired) electrons. The quantitative estimate of drug-likeness (QED) is 0.828. The SMILES string of the molecule is CC(C)(C)c1cc(C2(C)NC(=O)CS2=O)cc(C(C)(C)C)c1O. The number of benzene rings is 1. The smallest absolute Gasteiger partial charge is 0.234 e. The first-order chi connectivity index (χ1) is 10.3. The maximum atomic E-state index is 12.5. The van der Waals surface area contributed by atoms with Gasteiger partial charge in [-0.1, -0.05) is 41.5 Å². The first kappa shape index (κ1) is 18.0. The number of amides is 1. The van der Waals surface area contributed by atoms with Crippen LogP contribution in [0.3, 0.4) is 0 Å². The van der Waals surface area contributed by atoms with E-state index in [1.165, 1.54) is 0 Å². The van der Waals surface area contributed by atoms with Gasteiger partial charge in [0.1, 0.15) is 16.4 Å². The van der Waals surface area contributed by atoms with Crippen LogP contribution >= 0.6 is 0 Å². The van der Waals surface area contributed by atoms with Gasteiger partial charge in [-0.15, -0.1) is 0 Å². The topological polar surface area (TPSA) is 66.4 Å². The number of aromatic hydroxyl groups is 1. The van der Waals surface area contributed by atoms with Crippen molar-refractivity contribution in [3.8, 4) is 5.75 Å². The fourth-order valence-electron chi connectivity index (χ4n) is 2.88. The lowest BCUT2D eigenvalue weighted by Crippen LogP contribution is -2.38. The highest BCUT2D eigenvalue weighted by molar-refractivity contribution is 7.87. The van der Waals surface area contributed by atoms with Crippen LogP contribution in [0.15, 0.2) is 12.1 Å². The fourth-order valence-corrected chi connectivity index (χ4v) is 4.09. The van der Waals surface area contributed by atoms with Crippen molar-refractivity contribution in [1.82, 2.24) is 5.32 Å². The van der Waals surface area contributed by atoms with E-state index in [0.717, 1.165) is 16.7 Å². The van der Waals surface area contributed by atoms with Crippen LogP contribution in [0.4, 0.5) is 0 Å². The summed E-state index contributed by atoms with van der Waals surface area (Å²) in [6, 6.07) is 3.77. The number of nitrogens with one attached hydrogen (secondary N) is 1. The van der Waals surface area contributed by atoms with Crippen LogP contribution in [0.1, 0.15) is 65.2 Å². The Balaban J connectivity index is 2.76. The van der Waals surface area contributed by atoms with Crippen LogP contribution in [-0.4, -0.2) is 21.0 Å². The number of phenols is 1. The predicted octanol–water partition coefficient (Wildman–Crippen LogP) is 3.04. The minimum atomic E-state index is -1.33. The van der Waals surface area contributed by atoms with Gasteiger partial charge in [-0.05, 0) is 46.6 Å². The molecule has 0 aromatic heterocycles. The Morgan fingerprint density at radius 2 is 1.52 bits per heavy atom. The molecule has 1 aliphatic heterocycles. The molecule has 1 aromatic carbocycles. The van der Waals surface area contributed by atoms with E-state index >= 15 is 0 Å². The fraction of sp³-hybridized carbons (Fsp3) is 0.611. The molecule has 2 atom stereocenters. The molecule has 2 rings (SSSR count). The molecular weight excluding hydrogens is 310 g/mol. The summed E-state index contributed by atoms with van der Waals surface area (Å²) < 4.78 is 12.5. The number of hydrogen-bond donors (Lipinski definition) is 2. The van der Waals surface area contributed by atoms with E-state index in [0.29, 0.717) is 0 Å². The maximum absolute atomic E-state index is 12.5. The number of hydrogen-bond acceptors (Lipinski definition) is 3. The molecule has 1 aromatic rings. The molecule has 4 nitrogen and oxygen atoms in total. The number of carbonyl (C=O) groups excluding carboxylic acids is 1. The molecule has 1 fully saturated rings. The second-order valence-electron chi connectivity index (χ2n) is 8.49. The zero-order valence-electron chi connectivity index (χ0n) is 15.0. The Labute approximate surface area is 141 Å². The molecule has 0 spiro atoms. The van der Waals surface area contributed by atoms with Crippen molar-refractivity contribution in [1.29, 1.82) is 0 Å². The van der Waals surface area contributed by atoms with Crippen LogP contribution in [0.25, 0.3) is 0 Å². The molecule has 0 aliphatic carbocycles. The summed E-state index contributed by atoms with van der Waals surface area (Å²) in [4.78, 5) is 10.8. The normalized spacial score (nSPS) is 25.5. The third-order valence-electron chi connectivity index (χ3n) is 4.37. The molecule has 128 valence electrons. The largest absolute Gasteiger partial charge is 0.507 e. The Hall–Kier alpha value is -1.36. The van der Waals surface area contributed by atoms with E-state index in [9.17, 15) is 14.1 Å². The summed E-state index contributed by atoms with van der Waals surface area (Å²) >= 11 is 0. The van der Waals surface area contributed by atoms with Crippen LogP contribution < -0.4 is 5.32 Å². The van der Waals surface area contributed by atoms with Crippen LogP contribution in [0, 0.1) is 0 Å². The van der Waals surface area contributed by atoms with E-state index in [2.05, 4.69) is 5.32 Å². The summed E-state index contributed by atoms with van der Waals surface area (Å²) in [7, 11) is -1.33. The lowest BCUT2D eigenvalue weighted by atomic mass is 9.77. The summed E-state index contributed by atoms with van der Waals surface area (Å²) in [6.45, 7) is 14.0. The summed E-state index contributed by atoms with van der Waals surface area (Å²) in [5.74, 6) is 0.105. The first-order valence-corrected chi connectivity index (χ1v) is 9.16. The van der Waals surface area contributed by atoms with Crippen LogP contribution in [0.5, 0.6) is 5.75 Å². The molecule has 1 heterocycles. The van der Waals surface area contributed by atoms with Gasteiger partial charge in [0.15, 0.2) is 0 Å². The van der Waals surface area contributed by atoms with E-state index < -0.39 is 15.7 Å². The highest BCUT2D eigenvalue weighted by atomic mass is 32.2. The third kappa shape index (κ3) is 3.16. The van der Waals surface area contributed by atoms with Gasteiger partial charge in [0.25, 0.3) is 0 Å². The van der Waals surface area contributed by atoms with Gasteiger partial charge in [0, 0.05) is 0 Å². The molecular formula is C18H27NO3S. The third-order valence-corrected chi connectivity index (χ3v) is 6.15. The number of carbonyl (C=O) groups is 1. The van der Waals surface area contributed by atoms with Gasteiger partial charge in [-0.25, -0.2) is 0 Å². The zero-order chi connectivity index (χ0) is 17.8. The molecule has 2 N–H and O–H groups in total. The van der Waals surface area contributed by atoms with Gasteiger partial charge < -0.3 is 10.4 Å². The van der Waals surface area contributed by atoms with Crippen molar-refractivity contribution >= 4 is 16.7 Å². The van der Waals surface area contributed by atoms with Gasteiger partial charge >= 0.3 is 0 Å². The van der Waals surface area contributed by atoms with Crippen LogP contribution in [0.2, 0.25) is 0 Å². The molecule has 5 heteroatoms. The van der Waals surface area contributed by atoms with Gasteiger partial charge in [0.05, 0.1) is 10.8 Å². The van der Waals surface area contributed by atoms with Crippen molar-refractivity contribution in [3.05, 3.63) is 28.8 Å². The monoisotopic (exact) mass is 337 g/mol. The second kappa shape index (κ2) is 5.33. The highest BCUT2D eigenvalue weighted by Gasteiger charge is 2.43. The van der Waals surface area contributed by atoms with Crippen molar-refractivity contribution in [2.45, 2.75) is 64.2 Å².